The molecule has 0 saturated heterocycles. The second-order valence-electron chi connectivity index (χ2n) is 3.82. The van der Waals surface area contributed by atoms with Gasteiger partial charge in [0.15, 0.2) is 0 Å². The number of amides is 1. The molecule has 0 aliphatic heterocycles. The molecule has 0 radical (unpaired) electrons. The predicted octanol–water partition coefficient (Wildman–Crippen LogP) is 0.214. The van der Waals surface area contributed by atoms with Crippen LogP contribution in [0, 0.1) is 0 Å². The van der Waals surface area contributed by atoms with Gasteiger partial charge in [-0.1, -0.05) is 6.92 Å². The van der Waals surface area contributed by atoms with Crippen LogP contribution >= 0.6 is 0 Å². The van der Waals surface area contributed by atoms with Gasteiger partial charge in [-0.3, -0.25) is 9.69 Å². The van der Waals surface area contributed by atoms with E-state index in [1.807, 2.05) is 32.7 Å². The maximum absolute atomic E-state index is 11.4. The Morgan fingerprint density at radius 3 is 2.50 bits per heavy atom. The van der Waals surface area contributed by atoms with Crippen LogP contribution in [0.5, 0.6) is 0 Å². The van der Waals surface area contributed by atoms with E-state index in [-0.39, 0.29) is 24.6 Å². The molecule has 14 heavy (non-hydrogen) atoms. The van der Waals surface area contributed by atoms with Gasteiger partial charge in [-0.15, -0.1) is 0 Å². The first-order valence-electron chi connectivity index (χ1n) is 5.11. The number of carbonyl (C=O) groups excluding carboxylic acids is 1. The maximum atomic E-state index is 11.4. The van der Waals surface area contributed by atoms with Crippen molar-refractivity contribution in [1.82, 2.24) is 10.2 Å². The summed E-state index contributed by atoms with van der Waals surface area (Å²) in [5, 5.41) is 11.7. The molecule has 84 valence electrons. The van der Waals surface area contributed by atoms with E-state index in [1.165, 1.54) is 0 Å². The molecule has 2 N–H and O–H groups in total. The monoisotopic (exact) mass is 202 g/mol. The SMILES string of the molecule is CCC(C)NC(=O)CN(C)C(C)CO. The van der Waals surface area contributed by atoms with Crippen LogP contribution in [0.25, 0.3) is 0 Å². The number of rotatable bonds is 6. The van der Waals surface area contributed by atoms with Gasteiger partial charge in [-0.25, -0.2) is 0 Å². The van der Waals surface area contributed by atoms with Gasteiger partial charge in [0.1, 0.15) is 0 Å². The minimum atomic E-state index is 0.0159. The van der Waals surface area contributed by atoms with E-state index in [0.29, 0.717) is 6.54 Å². The van der Waals surface area contributed by atoms with Gasteiger partial charge in [-0.2, -0.15) is 0 Å². The van der Waals surface area contributed by atoms with Gasteiger partial charge in [0.25, 0.3) is 0 Å². The molecule has 0 rings (SSSR count). The Balaban J connectivity index is 3.82. The normalized spacial score (nSPS) is 15.3. The number of nitrogens with zero attached hydrogens (tertiary/aromatic N) is 1. The Bertz CT molecular complexity index is 174. The largest absolute Gasteiger partial charge is 0.395 e. The van der Waals surface area contributed by atoms with Crippen molar-refractivity contribution in [3.8, 4) is 0 Å². The molecule has 1 amide bonds. The van der Waals surface area contributed by atoms with Gasteiger partial charge in [-0.05, 0) is 27.3 Å². The lowest BCUT2D eigenvalue weighted by Gasteiger charge is -2.23. The number of aliphatic hydroxyl groups is 1. The first kappa shape index (κ1) is 13.4. The lowest BCUT2D eigenvalue weighted by molar-refractivity contribution is -0.123. The molecule has 0 fully saturated rings. The fourth-order valence-electron chi connectivity index (χ4n) is 0.944. The van der Waals surface area contributed by atoms with Gasteiger partial charge >= 0.3 is 0 Å². The Morgan fingerprint density at radius 1 is 1.50 bits per heavy atom. The van der Waals surface area contributed by atoms with Crippen molar-refractivity contribution in [1.29, 1.82) is 0 Å². The summed E-state index contributed by atoms with van der Waals surface area (Å²) in [5.74, 6) is 0.0159. The van der Waals surface area contributed by atoms with Gasteiger partial charge in [0.2, 0.25) is 5.91 Å². The summed E-state index contributed by atoms with van der Waals surface area (Å²) in [4.78, 5) is 13.2. The number of carbonyl (C=O) groups is 1. The van der Waals surface area contributed by atoms with Crippen molar-refractivity contribution < 1.29 is 9.90 Å². The first-order chi connectivity index (χ1) is 6.51. The Kier molecular flexibility index (Phi) is 6.49. The molecule has 0 heterocycles. The van der Waals surface area contributed by atoms with Gasteiger partial charge in [0.05, 0.1) is 13.2 Å². The van der Waals surface area contributed by atoms with Crippen molar-refractivity contribution in [3.63, 3.8) is 0 Å². The Labute approximate surface area is 86.3 Å². The molecular weight excluding hydrogens is 180 g/mol. The first-order valence-corrected chi connectivity index (χ1v) is 5.11. The van der Waals surface area contributed by atoms with Crippen LogP contribution in [0.3, 0.4) is 0 Å². The van der Waals surface area contributed by atoms with Crippen molar-refractivity contribution in [2.45, 2.75) is 39.3 Å². The second kappa shape index (κ2) is 6.79. The van der Waals surface area contributed by atoms with Crippen LogP contribution in [-0.2, 0) is 4.79 Å². The highest BCUT2D eigenvalue weighted by atomic mass is 16.3. The minimum Gasteiger partial charge on any atom is -0.395 e. The van der Waals surface area contributed by atoms with Crippen molar-refractivity contribution in [3.05, 3.63) is 0 Å². The van der Waals surface area contributed by atoms with Crippen molar-refractivity contribution >= 4 is 5.91 Å². The quantitative estimate of drug-likeness (QED) is 0.647. The van der Waals surface area contributed by atoms with Crippen LogP contribution < -0.4 is 5.32 Å². The van der Waals surface area contributed by atoms with Gasteiger partial charge in [0, 0.05) is 12.1 Å². The molecule has 0 aromatic carbocycles. The van der Waals surface area contributed by atoms with Crippen LogP contribution in [0.15, 0.2) is 0 Å². The third-order valence-corrected chi connectivity index (χ3v) is 2.43. The van der Waals surface area contributed by atoms with Crippen LogP contribution in [-0.4, -0.2) is 48.2 Å². The fourth-order valence-corrected chi connectivity index (χ4v) is 0.944. The molecule has 2 unspecified atom stereocenters. The van der Waals surface area contributed by atoms with Crippen LogP contribution in [0.2, 0.25) is 0 Å². The highest BCUT2D eigenvalue weighted by Crippen LogP contribution is 1.94. The number of likely N-dealkylation sites (N-methyl/N-ethyl adjacent to an activating group) is 1. The third kappa shape index (κ3) is 5.19. The molecule has 4 nitrogen and oxygen atoms in total. The lowest BCUT2D eigenvalue weighted by atomic mass is 10.2. The topological polar surface area (TPSA) is 52.6 Å². The molecule has 0 bridgehead atoms. The molecular formula is C10H22N2O2. The zero-order valence-corrected chi connectivity index (χ0v) is 9.58. The molecule has 2 atom stereocenters. The van der Waals surface area contributed by atoms with Crippen molar-refractivity contribution in [2.24, 2.45) is 0 Å². The zero-order valence-electron chi connectivity index (χ0n) is 9.58. The number of hydrogen-bond donors (Lipinski definition) is 2. The number of hydrogen-bond acceptors (Lipinski definition) is 3. The molecule has 0 aliphatic carbocycles. The summed E-state index contributed by atoms with van der Waals surface area (Å²) in [6.07, 6.45) is 0.936. The maximum Gasteiger partial charge on any atom is 0.234 e. The van der Waals surface area contributed by atoms with E-state index in [9.17, 15) is 4.79 Å². The van der Waals surface area contributed by atoms with E-state index in [4.69, 9.17) is 5.11 Å². The lowest BCUT2D eigenvalue weighted by Crippen LogP contribution is -2.43. The smallest absolute Gasteiger partial charge is 0.234 e. The van der Waals surface area contributed by atoms with E-state index >= 15 is 0 Å². The molecule has 0 saturated carbocycles. The third-order valence-electron chi connectivity index (χ3n) is 2.43. The Morgan fingerprint density at radius 2 is 2.07 bits per heavy atom. The highest BCUT2D eigenvalue weighted by Gasteiger charge is 2.12. The molecule has 0 aromatic heterocycles. The van der Waals surface area contributed by atoms with E-state index in [1.54, 1.807) is 0 Å². The predicted molar refractivity (Wildman–Crippen MR) is 57.1 cm³/mol. The zero-order chi connectivity index (χ0) is 11.1. The summed E-state index contributed by atoms with van der Waals surface area (Å²) < 4.78 is 0. The highest BCUT2D eigenvalue weighted by molar-refractivity contribution is 5.78. The fraction of sp³-hybridized carbons (Fsp3) is 0.900. The summed E-state index contributed by atoms with van der Waals surface area (Å²) in [6.45, 7) is 6.31. The molecule has 4 heteroatoms. The van der Waals surface area contributed by atoms with E-state index in [2.05, 4.69) is 5.32 Å². The minimum absolute atomic E-state index is 0.0159. The average molecular weight is 202 g/mol. The Hall–Kier alpha value is -0.610. The van der Waals surface area contributed by atoms with Gasteiger partial charge < -0.3 is 10.4 Å². The average Bonchev–Trinajstić information content (AvgIpc) is 2.15. The van der Waals surface area contributed by atoms with E-state index < -0.39 is 0 Å². The summed E-state index contributed by atoms with van der Waals surface area (Å²) in [6, 6.07) is 0.248. The summed E-state index contributed by atoms with van der Waals surface area (Å²) in [7, 11) is 1.83. The molecule has 0 spiro atoms. The van der Waals surface area contributed by atoms with Crippen LogP contribution in [0.1, 0.15) is 27.2 Å². The number of aliphatic hydroxyl groups excluding tert-OH is 1. The summed E-state index contributed by atoms with van der Waals surface area (Å²) in [5.41, 5.74) is 0. The second-order valence-corrected chi connectivity index (χ2v) is 3.82. The summed E-state index contributed by atoms with van der Waals surface area (Å²) >= 11 is 0. The standard InChI is InChI=1S/C10H22N2O2/c1-5-8(2)11-10(14)6-12(4)9(3)7-13/h8-9,13H,5-7H2,1-4H3,(H,11,14). The van der Waals surface area contributed by atoms with Crippen LogP contribution in [0.4, 0.5) is 0 Å². The van der Waals surface area contributed by atoms with E-state index in [0.717, 1.165) is 6.42 Å². The molecule has 0 aromatic rings. The number of nitrogens with one attached hydrogen (secondary N) is 1. The molecule has 0 aliphatic rings. The van der Waals surface area contributed by atoms with Crippen molar-refractivity contribution in [2.75, 3.05) is 20.2 Å².